The van der Waals surface area contributed by atoms with E-state index in [2.05, 4.69) is 84.6 Å². The number of nitrogens with zero attached hydrogens (tertiary/aromatic N) is 2. The highest BCUT2D eigenvalue weighted by Gasteiger charge is 2.16. The van der Waals surface area contributed by atoms with Gasteiger partial charge in [-0.25, -0.2) is 4.98 Å². The summed E-state index contributed by atoms with van der Waals surface area (Å²) in [5.74, 6) is 0.586. The first-order valence-corrected chi connectivity index (χ1v) is 10.8. The highest BCUT2D eigenvalue weighted by atomic mass is 16.5. The third kappa shape index (κ3) is 3.99. The molecule has 4 heteroatoms. The van der Waals surface area contributed by atoms with Crippen molar-refractivity contribution in [3.05, 3.63) is 89.5 Å². The van der Waals surface area contributed by atoms with E-state index in [-0.39, 0.29) is 0 Å². The monoisotopic (exact) mass is 409 g/mol. The van der Waals surface area contributed by atoms with Gasteiger partial charge in [-0.05, 0) is 59.4 Å². The van der Waals surface area contributed by atoms with Crippen LogP contribution in [-0.4, -0.2) is 31.3 Å². The Balaban J connectivity index is 1.58. The van der Waals surface area contributed by atoms with Gasteiger partial charge in [0.15, 0.2) is 0 Å². The molecule has 0 bridgehead atoms. The Bertz CT molecular complexity index is 1210. The molecular weight excluding hydrogens is 382 g/mol. The molecule has 0 unspecified atom stereocenters. The summed E-state index contributed by atoms with van der Waals surface area (Å²) in [7, 11) is 0. The number of aromatic nitrogens is 1. The molecule has 0 radical (unpaired) electrons. The van der Waals surface area contributed by atoms with Crippen LogP contribution < -0.4 is 10.6 Å². The van der Waals surface area contributed by atoms with Gasteiger partial charge >= 0.3 is 0 Å². The smallest absolute Gasteiger partial charge is 0.147 e. The molecule has 1 aromatic heterocycles. The quantitative estimate of drug-likeness (QED) is 0.502. The Labute approximate surface area is 183 Å². The number of aryl methyl sites for hydroxylation is 1. The number of hydrogen-bond acceptors (Lipinski definition) is 4. The van der Waals surface area contributed by atoms with Gasteiger partial charge in [0, 0.05) is 18.5 Å². The van der Waals surface area contributed by atoms with Crippen LogP contribution in [0.3, 0.4) is 0 Å². The fraction of sp³-hybridized carbons (Fsp3) is 0.222. The number of rotatable bonds is 4. The van der Waals surface area contributed by atoms with E-state index in [4.69, 9.17) is 15.5 Å². The van der Waals surface area contributed by atoms with Crippen LogP contribution in [0.25, 0.3) is 22.0 Å². The lowest BCUT2D eigenvalue weighted by Crippen LogP contribution is -2.36. The number of nitrogen functional groups attached to an aromatic ring is 1. The largest absolute Gasteiger partial charge is 0.382 e. The molecule has 0 atom stereocenters. The number of morpholine rings is 1. The molecule has 0 saturated carbocycles. The first-order valence-electron chi connectivity index (χ1n) is 10.8. The molecule has 0 amide bonds. The Kier molecular flexibility index (Phi) is 5.31. The van der Waals surface area contributed by atoms with E-state index in [1.807, 2.05) is 0 Å². The first kappa shape index (κ1) is 19.6. The minimum absolute atomic E-state index is 0.586. The van der Waals surface area contributed by atoms with Gasteiger partial charge in [0.1, 0.15) is 5.82 Å². The Morgan fingerprint density at radius 1 is 0.935 bits per heavy atom. The molecular formula is C27H27N3O. The van der Waals surface area contributed by atoms with Gasteiger partial charge in [0.05, 0.1) is 24.4 Å². The second-order valence-corrected chi connectivity index (χ2v) is 8.17. The molecule has 1 fully saturated rings. The van der Waals surface area contributed by atoms with Crippen LogP contribution in [-0.2, 0) is 11.2 Å². The van der Waals surface area contributed by atoms with E-state index < -0.39 is 0 Å². The van der Waals surface area contributed by atoms with Crippen molar-refractivity contribution in [3.8, 4) is 11.1 Å². The van der Waals surface area contributed by atoms with E-state index in [0.29, 0.717) is 5.82 Å². The van der Waals surface area contributed by atoms with Crippen LogP contribution >= 0.6 is 0 Å². The summed E-state index contributed by atoms with van der Waals surface area (Å²) in [6, 6.07) is 25.9. The molecule has 0 aliphatic carbocycles. The van der Waals surface area contributed by atoms with Crippen molar-refractivity contribution >= 4 is 22.4 Å². The molecule has 4 aromatic rings. The molecule has 3 aromatic carbocycles. The summed E-state index contributed by atoms with van der Waals surface area (Å²) in [6.45, 7) is 5.33. The third-order valence-corrected chi connectivity index (χ3v) is 6.06. The summed E-state index contributed by atoms with van der Waals surface area (Å²) in [5.41, 5.74) is 14.7. The average Bonchev–Trinajstić information content (AvgIpc) is 2.80. The van der Waals surface area contributed by atoms with E-state index >= 15 is 0 Å². The molecule has 1 aliphatic rings. The normalized spacial score (nSPS) is 14.2. The Hall–Kier alpha value is -3.37. The molecule has 1 aliphatic heterocycles. The molecule has 31 heavy (non-hydrogen) atoms. The summed E-state index contributed by atoms with van der Waals surface area (Å²) in [5, 5.41) is 1.11. The van der Waals surface area contributed by atoms with E-state index in [0.717, 1.165) is 49.3 Å². The predicted octanol–water partition coefficient (Wildman–Crippen LogP) is 5.22. The third-order valence-electron chi connectivity index (χ3n) is 6.06. The zero-order chi connectivity index (χ0) is 21.2. The highest BCUT2D eigenvalue weighted by Crippen LogP contribution is 2.33. The molecule has 156 valence electrons. The number of fused-ring (bicyclic) bond motifs is 1. The summed E-state index contributed by atoms with van der Waals surface area (Å²) < 4.78 is 5.50. The molecule has 2 N–H and O–H groups in total. The molecule has 5 rings (SSSR count). The number of benzene rings is 3. The van der Waals surface area contributed by atoms with Crippen molar-refractivity contribution < 1.29 is 4.74 Å². The molecule has 0 spiro atoms. The van der Waals surface area contributed by atoms with Crippen LogP contribution in [0.15, 0.2) is 72.8 Å². The molecule has 2 heterocycles. The van der Waals surface area contributed by atoms with Gasteiger partial charge in [-0.1, -0.05) is 54.6 Å². The summed E-state index contributed by atoms with van der Waals surface area (Å²) >= 11 is 0. The number of nitrogens with two attached hydrogens (primary N) is 1. The van der Waals surface area contributed by atoms with Gasteiger partial charge in [-0.15, -0.1) is 0 Å². The van der Waals surface area contributed by atoms with E-state index in [1.165, 1.54) is 27.8 Å². The van der Waals surface area contributed by atoms with Crippen molar-refractivity contribution in [2.24, 2.45) is 0 Å². The highest BCUT2D eigenvalue weighted by molar-refractivity contribution is 5.90. The van der Waals surface area contributed by atoms with Crippen LogP contribution in [0, 0.1) is 6.92 Å². The fourth-order valence-electron chi connectivity index (χ4n) is 4.50. The Morgan fingerprint density at radius 3 is 2.55 bits per heavy atom. The minimum atomic E-state index is 0.586. The maximum atomic E-state index is 6.31. The van der Waals surface area contributed by atoms with Crippen LogP contribution in [0.2, 0.25) is 0 Å². The van der Waals surface area contributed by atoms with Gasteiger partial charge in [0.2, 0.25) is 0 Å². The van der Waals surface area contributed by atoms with Gasteiger partial charge < -0.3 is 15.4 Å². The van der Waals surface area contributed by atoms with E-state index in [9.17, 15) is 0 Å². The van der Waals surface area contributed by atoms with Crippen molar-refractivity contribution in [2.75, 3.05) is 36.9 Å². The minimum Gasteiger partial charge on any atom is -0.382 e. The van der Waals surface area contributed by atoms with Crippen molar-refractivity contribution in [1.29, 1.82) is 0 Å². The number of ether oxygens (including phenoxy) is 1. The number of hydrogen-bond donors (Lipinski definition) is 1. The lowest BCUT2D eigenvalue weighted by molar-refractivity contribution is 0.123. The zero-order valence-corrected chi connectivity index (χ0v) is 17.8. The summed E-state index contributed by atoms with van der Waals surface area (Å²) in [4.78, 5) is 6.96. The van der Waals surface area contributed by atoms with Crippen molar-refractivity contribution in [1.82, 2.24) is 4.98 Å². The van der Waals surface area contributed by atoms with Crippen molar-refractivity contribution in [2.45, 2.75) is 13.3 Å². The van der Waals surface area contributed by atoms with Gasteiger partial charge in [-0.2, -0.15) is 0 Å². The zero-order valence-electron chi connectivity index (χ0n) is 17.8. The molecule has 1 saturated heterocycles. The summed E-state index contributed by atoms with van der Waals surface area (Å²) in [6.07, 6.45) is 0.912. The number of pyridine rings is 1. The van der Waals surface area contributed by atoms with Crippen LogP contribution in [0.4, 0.5) is 11.5 Å². The van der Waals surface area contributed by atoms with Crippen molar-refractivity contribution in [3.63, 3.8) is 0 Å². The topological polar surface area (TPSA) is 51.4 Å². The lowest BCUT2D eigenvalue weighted by atomic mass is 9.91. The second-order valence-electron chi connectivity index (χ2n) is 8.17. The van der Waals surface area contributed by atoms with Crippen LogP contribution in [0.5, 0.6) is 0 Å². The lowest BCUT2D eigenvalue weighted by Gasteiger charge is -2.29. The SMILES string of the molecule is Cc1cccc(Cc2ccccc2)c1-c1ccc2nc(N)c(N3CCOCC3)cc2c1. The fourth-order valence-corrected chi connectivity index (χ4v) is 4.50. The van der Waals surface area contributed by atoms with Gasteiger partial charge in [0.25, 0.3) is 0 Å². The molecule has 4 nitrogen and oxygen atoms in total. The van der Waals surface area contributed by atoms with Crippen LogP contribution in [0.1, 0.15) is 16.7 Å². The maximum absolute atomic E-state index is 6.31. The number of anilines is 2. The van der Waals surface area contributed by atoms with Gasteiger partial charge in [-0.3, -0.25) is 0 Å². The maximum Gasteiger partial charge on any atom is 0.147 e. The first-order chi connectivity index (χ1) is 15.2. The average molecular weight is 410 g/mol. The predicted molar refractivity (Wildman–Crippen MR) is 129 cm³/mol. The standard InChI is InChI=1S/C27H27N3O/c1-19-6-5-9-21(16-20-7-3-2-4-8-20)26(19)22-10-11-24-23(17-22)18-25(27(28)29-24)30-12-14-31-15-13-30/h2-11,17-18H,12-16H2,1H3,(H2,28,29). The second kappa shape index (κ2) is 8.40. The van der Waals surface area contributed by atoms with E-state index in [1.54, 1.807) is 0 Å². The Morgan fingerprint density at radius 2 is 1.74 bits per heavy atom.